The van der Waals surface area contributed by atoms with Crippen LogP contribution in [-0.2, 0) is 21.3 Å². The van der Waals surface area contributed by atoms with Crippen LogP contribution >= 0.6 is 11.6 Å². The highest BCUT2D eigenvalue weighted by Crippen LogP contribution is 2.22. The second-order valence-electron chi connectivity index (χ2n) is 5.20. The molecule has 112 valence electrons. The minimum Gasteiger partial charge on any atom is -0.228 e. The third kappa shape index (κ3) is 4.29. The molecule has 0 bridgehead atoms. The van der Waals surface area contributed by atoms with Crippen molar-refractivity contribution in [2.45, 2.75) is 25.4 Å². The monoisotopic (exact) mass is 326 g/mol. The number of aryl methyl sites for hydroxylation is 2. The molecule has 0 amide bonds. The van der Waals surface area contributed by atoms with Crippen LogP contribution in [0.2, 0.25) is 5.02 Å². The Kier molecular flexibility index (Phi) is 4.69. The van der Waals surface area contributed by atoms with Crippen LogP contribution in [0.15, 0.2) is 36.4 Å². The summed E-state index contributed by atoms with van der Waals surface area (Å²) in [6, 6.07) is 9.49. The summed E-state index contributed by atoms with van der Waals surface area (Å²) in [6.45, 7) is 3.81. The van der Waals surface area contributed by atoms with Crippen molar-refractivity contribution in [2.24, 2.45) is 0 Å². The Labute approximate surface area is 129 Å². The lowest BCUT2D eigenvalue weighted by atomic mass is 10.1. The van der Waals surface area contributed by atoms with Gasteiger partial charge in [0.2, 0.25) is 0 Å². The molecule has 0 saturated heterocycles. The zero-order valence-electron chi connectivity index (χ0n) is 11.9. The molecule has 2 nitrogen and oxygen atoms in total. The first kappa shape index (κ1) is 16.0. The molecular weight excluding hydrogens is 311 g/mol. The van der Waals surface area contributed by atoms with Crippen LogP contribution in [-0.4, -0.2) is 8.42 Å². The highest BCUT2D eigenvalue weighted by Gasteiger charge is 2.16. The summed E-state index contributed by atoms with van der Waals surface area (Å²) in [4.78, 5) is 0. The Morgan fingerprint density at radius 2 is 1.67 bits per heavy atom. The molecule has 0 N–H and O–H groups in total. The van der Waals surface area contributed by atoms with Crippen LogP contribution in [0.4, 0.5) is 4.39 Å². The molecule has 0 radical (unpaired) electrons. The molecule has 0 aliphatic carbocycles. The first-order valence-corrected chi connectivity index (χ1v) is 8.67. The maximum Gasteiger partial charge on any atom is 0.158 e. The maximum atomic E-state index is 13.0. The molecule has 0 aromatic heterocycles. The third-order valence-electron chi connectivity index (χ3n) is 3.27. The van der Waals surface area contributed by atoms with E-state index in [0.29, 0.717) is 5.56 Å². The van der Waals surface area contributed by atoms with Crippen LogP contribution in [0.5, 0.6) is 0 Å². The van der Waals surface area contributed by atoms with Crippen molar-refractivity contribution < 1.29 is 12.8 Å². The predicted octanol–water partition coefficient (Wildman–Crippen LogP) is 4.21. The second-order valence-corrected chi connectivity index (χ2v) is 7.67. The standard InChI is InChI=1S/C16H16ClFO2S/c1-11-3-4-12(2)14(7-11)10-21(19,20)9-13-5-6-15(18)8-16(13)17/h3-8H,9-10H2,1-2H3. The van der Waals surface area contributed by atoms with E-state index in [2.05, 4.69) is 0 Å². The van der Waals surface area contributed by atoms with E-state index in [1.54, 1.807) is 0 Å². The van der Waals surface area contributed by atoms with Crippen LogP contribution in [0.25, 0.3) is 0 Å². The minimum atomic E-state index is -3.37. The van der Waals surface area contributed by atoms with Crippen LogP contribution in [0, 0.1) is 19.7 Å². The van der Waals surface area contributed by atoms with E-state index in [1.165, 1.54) is 12.1 Å². The van der Waals surface area contributed by atoms with Crippen molar-refractivity contribution in [3.8, 4) is 0 Å². The summed E-state index contributed by atoms with van der Waals surface area (Å²) in [5.41, 5.74) is 3.16. The molecule has 0 heterocycles. The highest BCUT2D eigenvalue weighted by molar-refractivity contribution is 7.89. The molecule has 0 unspecified atom stereocenters. The van der Waals surface area contributed by atoms with E-state index in [9.17, 15) is 12.8 Å². The number of halogens is 2. The van der Waals surface area contributed by atoms with Crippen molar-refractivity contribution in [3.05, 3.63) is 69.5 Å². The smallest absolute Gasteiger partial charge is 0.158 e. The first-order valence-electron chi connectivity index (χ1n) is 6.47. The van der Waals surface area contributed by atoms with Crippen LogP contribution in [0.1, 0.15) is 22.3 Å². The summed E-state index contributed by atoms with van der Waals surface area (Å²) >= 11 is 5.89. The number of hydrogen-bond donors (Lipinski definition) is 0. The van der Waals surface area contributed by atoms with E-state index in [1.807, 2.05) is 32.0 Å². The van der Waals surface area contributed by atoms with Crippen molar-refractivity contribution >= 4 is 21.4 Å². The number of benzene rings is 2. The van der Waals surface area contributed by atoms with Gasteiger partial charge in [0.05, 0.1) is 11.5 Å². The topological polar surface area (TPSA) is 34.1 Å². The summed E-state index contributed by atoms with van der Waals surface area (Å²) in [7, 11) is -3.37. The van der Waals surface area contributed by atoms with E-state index in [0.717, 1.165) is 22.8 Å². The van der Waals surface area contributed by atoms with Gasteiger partial charge in [0.25, 0.3) is 0 Å². The predicted molar refractivity (Wildman–Crippen MR) is 83.7 cm³/mol. The van der Waals surface area contributed by atoms with Crippen LogP contribution in [0.3, 0.4) is 0 Å². The van der Waals surface area contributed by atoms with Gasteiger partial charge in [-0.15, -0.1) is 0 Å². The fourth-order valence-electron chi connectivity index (χ4n) is 2.12. The lowest BCUT2D eigenvalue weighted by Crippen LogP contribution is -2.09. The molecule has 0 atom stereocenters. The van der Waals surface area contributed by atoms with Gasteiger partial charge in [-0.1, -0.05) is 41.4 Å². The van der Waals surface area contributed by atoms with Gasteiger partial charge in [0.15, 0.2) is 9.84 Å². The van der Waals surface area contributed by atoms with E-state index in [-0.39, 0.29) is 16.5 Å². The normalized spacial score (nSPS) is 11.6. The zero-order chi connectivity index (χ0) is 15.6. The van der Waals surface area contributed by atoms with Gasteiger partial charge < -0.3 is 0 Å². The highest BCUT2D eigenvalue weighted by atomic mass is 35.5. The number of rotatable bonds is 4. The Balaban J connectivity index is 2.24. The average molecular weight is 327 g/mol. The van der Waals surface area contributed by atoms with Gasteiger partial charge >= 0.3 is 0 Å². The third-order valence-corrected chi connectivity index (χ3v) is 5.12. The van der Waals surface area contributed by atoms with E-state index >= 15 is 0 Å². The molecule has 2 aromatic rings. The van der Waals surface area contributed by atoms with Gasteiger partial charge in [0, 0.05) is 5.02 Å². The van der Waals surface area contributed by atoms with Gasteiger partial charge in [-0.3, -0.25) is 0 Å². The van der Waals surface area contributed by atoms with Crippen LogP contribution < -0.4 is 0 Å². The Morgan fingerprint density at radius 1 is 1.00 bits per heavy atom. The lowest BCUT2D eigenvalue weighted by Gasteiger charge is -2.09. The van der Waals surface area contributed by atoms with Gasteiger partial charge in [-0.05, 0) is 42.7 Å². The Morgan fingerprint density at radius 3 is 2.33 bits per heavy atom. The maximum absolute atomic E-state index is 13.0. The first-order chi connectivity index (χ1) is 9.77. The number of hydrogen-bond acceptors (Lipinski definition) is 2. The summed E-state index contributed by atoms with van der Waals surface area (Å²) in [6.07, 6.45) is 0. The zero-order valence-corrected chi connectivity index (χ0v) is 13.4. The Hall–Kier alpha value is -1.39. The van der Waals surface area contributed by atoms with Crippen molar-refractivity contribution in [1.82, 2.24) is 0 Å². The molecule has 0 aliphatic heterocycles. The molecule has 2 aromatic carbocycles. The number of sulfone groups is 1. The van der Waals surface area contributed by atoms with Gasteiger partial charge in [0.1, 0.15) is 5.82 Å². The molecule has 0 spiro atoms. The molecule has 21 heavy (non-hydrogen) atoms. The second kappa shape index (κ2) is 6.16. The fourth-order valence-corrected chi connectivity index (χ4v) is 4.05. The summed E-state index contributed by atoms with van der Waals surface area (Å²) < 4.78 is 37.6. The van der Waals surface area contributed by atoms with Crippen molar-refractivity contribution in [3.63, 3.8) is 0 Å². The van der Waals surface area contributed by atoms with Crippen molar-refractivity contribution in [2.75, 3.05) is 0 Å². The SMILES string of the molecule is Cc1ccc(C)c(CS(=O)(=O)Cc2ccc(F)cc2Cl)c1. The molecule has 5 heteroatoms. The quantitative estimate of drug-likeness (QED) is 0.843. The summed E-state index contributed by atoms with van der Waals surface area (Å²) in [5, 5.41) is 0.138. The van der Waals surface area contributed by atoms with Gasteiger partial charge in [-0.25, -0.2) is 12.8 Å². The van der Waals surface area contributed by atoms with Crippen molar-refractivity contribution in [1.29, 1.82) is 0 Å². The molecule has 0 aliphatic rings. The molecular formula is C16H16ClFO2S. The summed E-state index contributed by atoms with van der Waals surface area (Å²) in [5.74, 6) is -0.719. The molecule has 0 fully saturated rings. The fraction of sp³-hybridized carbons (Fsp3) is 0.250. The van der Waals surface area contributed by atoms with E-state index in [4.69, 9.17) is 11.6 Å². The average Bonchev–Trinajstić information content (AvgIpc) is 2.37. The molecule has 0 saturated carbocycles. The largest absolute Gasteiger partial charge is 0.228 e. The van der Waals surface area contributed by atoms with E-state index < -0.39 is 15.7 Å². The molecule has 2 rings (SSSR count). The van der Waals surface area contributed by atoms with Gasteiger partial charge in [-0.2, -0.15) is 0 Å². The lowest BCUT2D eigenvalue weighted by molar-refractivity contribution is 0.594. The minimum absolute atomic E-state index is 0.0474. The Bertz CT molecular complexity index is 770.